The molecule has 0 saturated carbocycles. The van der Waals surface area contributed by atoms with Crippen molar-refractivity contribution in [3.8, 4) is 5.75 Å². The van der Waals surface area contributed by atoms with E-state index in [4.69, 9.17) is 22.1 Å². The van der Waals surface area contributed by atoms with Crippen molar-refractivity contribution in [3.05, 3.63) is 28.8 Å². The Bertz CT molecular complexity index is 432. The minimum Gasteiger partial charge on any atom is -0.493 e. The van der Waals surface area contributed by atoms with E-state index in [1.54, 1.807) is 0 Å². The summed E-state index contributed by atoms with van der Waals surface area (Å²) in [6, 6.07) is 5.73. The third-order valence-corrected chi connectivity index (χ3v) is 4.10. The predicted octanol–water partition coefficient (Wildman–Crippen LogP) is 3.47. The smallest absolute Gasteiger partial charge is 0.124 e. The number of hydrogen-bond donors (Lipinski definition) is 1. The minimum absolute atomic E-state index is 0.00802. The number of fused-ring (bicyclic) bond motifs is 1. The van der Waals surface area contributed by atoms with Gasteiger partial charge in [0.2, 0.25) is 0 Å². The maximum absolute atomic E-state index is 6.43. The first-order valence-electron chi connectivity index (χ1n) is 7.55. The van der Waals surface area contributed by atoms with Gasteiger partial charge in [0.25, 0.3) is 0 Å². The zero-order valence-corrected chi connectivity index (χ0v) is 13.2. The number of ether oxygens (including phenoxy) is 1. The molecule has 0 spiro atoms. The van der Waals surface area contributed by atoms with Crippen LogP contribution in [0.2, 0.25) is 5.02 Å². The number of nitrogens with two attached hydrogens (primary N) is 1. The average Bonchev–Trinajstić information content (AvgIpc) is 2.43. The monoisotopic (exact) mass is 296 g/mol. The molecule has 0 aromatic heterocycles. The van der Waals surface area contributed by atoms with E-state index in [1.165, 1.54) is 12.8 Å². The molecule has 0 fully saturated rings. The first kappa shape index (κ1) is 15.6. The fourth-order valence-corrected chi connectivity index (χ4v) is 3.07. The summed E-state index contributed by atoms with van der Waals surface area (Å²) in [5.41, 5.74) is 7.48. The molecule has 2 atom stereocenters. The van der Waals surface area contributed by atoms with Gasteiger partial charge in [0.1, 0.15) is 5.75 Å². The quantitative estimate of drug-likeness (QED) is 0.873. The van der Waals surface area contributed by atoms with Crippen molar-refractivity contribution in [2.45, 2.75) is 32.7 Å². The molecule has 1 aliphatic rings. The highest BCUT2D eigenvalue weighted by Crippen LogP contribution is 2.35. The second-order valence-electron chi connectivity index (χ2n) is 5.58. The summed E-state index contributed by atoms with van der Waals surface area (Å²) in [5, 5.41) is 0.724. The van der Waals surface area contributed by atoms with Crippen LogP contribution in [0.3, 0.4) is 0 Å². The van der Waals surface area contributed by atoms with Crippen LogP contribution in [0.4, 0.5) is 0 Å². The molecule has 0 aliphatic carbocycles. The van der Waals surface area contributed by atoms with Gasteiger partial charge in [-0.25, -0.2) is 0 Å². The molecule has 20 heavy (non-hydrogen) atoms. The summed E-state index contributed by atoms with van der Waals surface area (Å²) < 4.78 is 5.85. The van der Waals surface area contributed by atoms with E-state index in [0.29, 0.717) is 12.5 Å². The molecule has 112 valence electrons. The van der Waals surface area contributed by atoms with Crippen LogP contribution in [-0.4, -0.2) is 31.1 Å². The zero-order chi connectivity index (χ0) is 14.5. The van der Waals surface area contributed by atoms with Crippen molar-refractivity contribution in [2.24, 2.45) is 11.7 Å². The molecule has 4 heteroatoms. The van der Waals surface area contributed by atoms with Crippen LogP contribution in [-0.2, 0) is 0 Å². The van der Waals surface area contributed by atoms with E-state index in [0.717, 1.165) is 36.0 Å². The third-order valence-electron chi connectivity index (χ3n) is 3.86. The van der Waals surface area contributed by atoms with Crippen molar-refractivity contribution >= 4 is 11.6 Å². The standard InChI is InChI=1S/C16H25ClN2O/c1-3-7-19(8-4-2)10-12-11-20-15-6-5-13(17)9-14(15)16(12)18/h5-6,9,12,16H,3-4,7-8,10-11,18H2,1-2H3. The van der Waals surface area contributed by atoms with E-state index >= 15 is 0 Å². The largest absolute Gasteiger partial charge is 0.493 e. The lowest BCUT2D eigenvalue weighted by Gasteiger charge is -2.35. The summed E-state index contributed by atoms with van der Waals surface area (Å²) >= 11 is 6.07. The lowest BCUT2D eigenvalue weighted by atomic mass is 9.91. The highest BCUT2D eigenvalue weighted by Gasteiger charge is 2.29. The lowest BCUT2D eigenvalue weighted by Crippen LogP contribution is -2.41. The molecule has 1 aromatic rings. The Morgan fingerprint density at radius 3 is 2.65 bits per heavy atom. The van der Waals surface area contributed by atoms with Crippen molar-refractivity contribution < 1.29 is 4.74 Å². The Balaban J connectivity index is 2.07. The Hall–Kier alpha value is -0.770. The molecule has 0 amide bonds. The molecule has 0 bridgehead atoms. The average molecular weight is 297 g/mol. The highest BCUT2D eigenvalue weighted by atomic mass is 35.5. The van der Waals surface area contributed by atoms with Gasteiger partial charge in [-0.1, -0.05) is 25.4 Å². The van der Waals surface area contributed by atoms with Gasteiger partial charge >= 0.3 is 0 Å². The molecule has 2 unspecified atom stereocenters. The Kier molecular flexibility index (Phi) is 5.70. The number of halogens is 1. The van der Waals surface area contributed by atoms with Gasteiger partial charge in [-0.3, -0.25) is 0 Å². The second-order valence-corrected chi connectivity index (χ2v) is 6.02. The SMILES string of the molecule is CCCN(CCC)CC1COc2ccc(Cl)cc2C1N. The fourth-order valence-electron chi connectivity index (χ4n) is 2.89. The first-order chi connectivity index (χ1) is 9.65. The Morgan fingerprint density at radius 1 is 1.30 bits per heavy atom. The van der Waals surface area contributed by atoms with Crippen LogP contribution < -0.4 is 10.5 Å². The summed E-state index contributed by atoms with van der Waals surface area (Å²) in [7, 11) is 0. The van der Waals surface area contributed by atoms with Gasteiger partial charge < -0.3 is 15.4 Å². The minimum atomic E-state index is 0.00802. The molecular formula is C16H25ClN2O. The molecule has 0 saturated heterocycles. The molecule has 2 N–H and O–H groups in total. The molecule has 1 aromatic carbocycles. The maximum atomic E-state index is 6.43. The van der Waals surface area contributed by atoms with Crippen molar-refractivity contribution in [1.82, 2.24) is 4.90 Å². The molecule has 0 radical (unpaired) electrons. The molecule has 1 aliphatic heterocycles. The van der Waals surface area contributed by atoms with Gasteiger partial charge in [0.15, 0.2) is 0 Å². The normalized spacial score (nSPS) is 21.6. The second kappa shape index (κ2) is 7.30. The van der Waals surface area contributed by atoms with Crippen LogP contribution in [0.5, 0.6) is 5.75 Å². The summed E-state index contributed by atoms with van der Waals surface area (Å²) in [4.78, 5) is 2.49. The van der Waals surface area contributed by atoms with Crippen LogP contribution in [0.15, 0.2) is 18.2 Å². The van der Waals surface area contributed by atoms with Gasteiger partial charge in [-0.05, 0) is 44.1 Å². The number of rotatable bonds is 6. The summed E-state index contributed by atoms with van der Waals surface area (Å²) in [6.45, 7) is 8.37. The number of benzene rings is 1. The molecule has 3 nitrogen and oxygen atoms in total. The van der Waals surface area contributed by atoms with Gasteiger partial charge in [-0.15, -0.1) is 0 Å². The topological polar surface area (TPSA) is 38.5 Å². The highest BCUT2D eigenvalue weighted by molar-refractivity contribution is 6.30. The molecular weight excluding hydrogens is 272 g/mol. The third kappa shape index (κ3) is 3.66. The fraction of sp³-hybridized carbons (Fsp3) is 0.625. The van der Waals surface area contributed by atoms with Crippen LogP contribution in [0, 0.1) is 5.92 Å². The van der Waals surface area contributed by atoms with Crippen molar-refractivity contribution in [3.63, 3.8) is 0 Å². The lowest BCUT2D eigenvalue weighted by molar-refractivity contribution is 0.138. The van der Waals surface area contributed by atoms with E-state index in [1.807, 2.05) is 18.2 Å². The number of hydrogen-bond acceptors (Lipinski definition) is 3. The zero-order valence-electron chi connectivity index (χ0n) is 12.4. The summed E-state index contributed by atoms with van der Waals surface area (Å²) in [6.07, 6.45) is 2.34. The van der Waals surface area contributed by atoms with Gasteiger partial charge in [-0.2, -0.15) is 0 Å². The predicted molar refractivity (Wildman–Crippen MR) is 84.4 cm³/mol. The number of nitrogens with zero attached hydrogens (tertiary/aromatic N) is 1. The Labute approximate surface area is 127 Å². The molecule has 1 heterocycles. The van der Waals surface area contributed by atoms with Crippen molar-refractivity contribution in [2.75, 3.05) is 26.2 Å². The Morgan fingerprint density at radius 2 is 2.00 bits per heavy atom. The van der Waals surface area contributed by atoms with E-state index < -0.39 is 0 Å². The van der Waals surface area contributed by atoms with Crippen LogP contribution in [0.25, 0.3) is 0 Å². The summed E-state index contributed by atoms with van der Waals surface area (Å²) in [5.74, 6) is 1.22. The van der Waals surface area contributed by atoms with Crippen molar-refractivity contribution in [1.29, 1.82) is 0 Å². The van der Waals surface area contributed by atoms with Crippen LogP contribution in [0.1, 0.15) is 38.3 Å². The van der Waals surface area contributed by atoms with Gasteiger partial charge in [0, 0.05) is 29.1 Å². The van der Waals surface area contributed by atoms with E-state index in [2.05, 4.69) is 18.7 Å². The van der Waals surface area contributed by atoms with E-state index in [9.17, 15) is 0 Å². The first-order valence-corrected chi connectivity index (χ1v) is 7.93. The van der Waals surface area contributed by atoms with E-state index in [-0.39, 0.29) is 6.04 Å². The maximum Gasteiger partial charge on any atom is 0.124 e. The van der Waals surface area contributed by atoms with Gasteiger partial charge in [0.05, 0.1) is 6.61 Å². The van der Waals surface area contributed by atoms with Crippen LogP contribution >= 0.6 is 11.6 Å². The molecule has 2 rings (SSSR count).